The molecule has 27 heavy (non-hydrogen) atoms. The zero-order valence-electron chi connectivity index (χ0n) is 15.7. The fraction of sp³-hybridized carbons (Fsp3) is 0.556. The first kappa shape index (κ1) is 19.7. The summed E-state index contributed by atoms with van der Waals surface area (Å²) in [6.07, 6.45) is 1.45. The fourth-order valence-corrected chi connectivity index (χ4v) is 4.72. The van der Waals surface area contributed by atoms with Gasteiger partial charge in [-0.2, -0.15) is 0 Å². The normalized spacial score (nSPS) is 27.6. The number of carbonyl (C=O) groups is 1. The lowest BCUT2D eigenvalue weighted by Gasteiger charge is -2.38. The van der Waals surface area contributed by atoms with Crippen molar-refractivity contribution in [1.29, 1.82) is 0 Å². The summed E-state index contributed by atoms with van der Waals surface area (Å²) in [6.45, 7) is 6.01. The highest BCUT2D eigenvalue weighted by Gasteiger charge is 2.50. The summed E-state index contributed by atoms with van der Waals surface area (Å²) >= 11 is 0. The van der Waals surface area contributed by atoms with Crippen LogP contribution in [0.15, 0.2) is 17.1 Å². The minimum Gasteiger partial charge on any atom is -0.386 e. The average Bonchev–Trinajstić information content (AvgIpc) is 3.27. The predicted molar refractivity (Wildman–Crippen MR) is 99.2 cm³/mol. The van der Waals surface area contributed by atoms with E-state index in [1.165, 1.54) is 26.8 Å². The molecule has 0 aromatic heterocycles. The molecule has 1 heterocycles. The van der Waals surface area contributed by atoms with Crippen LogP contribution < -0.4 is 11.1 Å². The lowest BCUT2D eigenvalue weighted by Crippen LogP contribution is -2.55. The third-order valence-corrected chi connectivity index (χ3v) is 8.35. The van der Waals surface area contributed by atoms with Gasteiger partial charge in [-0.15, -0.1) is 0 Å². The highest BCUT2D eigenvalue weighted by atomic mass is 32.2. The van der Waals surface area contributed by atoms with E-state index in [9.17, 15) is 22.0 Å². The molecule has 1 amide bonds. The highest BCUT2D eigenvalue weighted by molar-refractivity contribution is 7.93. The molecule has 6 nitrogen and oxygen atoms in total. The first-order chi connectivity index (χ1) is 12.2. The summed E-state index contributed by atoms with van der Waals surface area (Å²) in [5.41, 5.74) is 3.54. The smallest absolute Gasteiger partial charge is 0.230 e. The molecule has 1 saturated carbocycles. The summed E-state index contributed by atoms with van der Waals surface area (Å²) in [5.74, 6) is -3.39. The summed E-state index contributed by atoms with van der Waals surface area (Å²) in [6, 6.07) is 2.10. The second-order valence-electron chi connectivity index (χ2n) is 8.37. The van der Waals surface area contributed by atoms with Crippen LogP contribution >= 0.6 is 0 Å². The monoisotopic (exact) mass is 399 g/mol. The second-order valence-corrected chi connectivity index (χ2v) is 10.9. The van der Waals surface area contributed by atoms with Crippen molar-refractivity contribution < 1.29 is 22.0 Å². The number of benzene rings is 1. The summed E-state index contributed by atoms with van der Waals surface area (Å²) in [7, 11) is -3.78. The van der Waals surface area contributed by atoms with E-state index in [0.717, 1.165) is 18.9 Å². The zero-order valence-corrected chi connectivity index (χ0v) is 16.5. The third kappa shape index (κ3) is 3.11. The Kier molecular flexibility index (Phi) is 4.19. The van der Waals surface area contributed by atoms with Crippen molar-refractivity contribution in [2.24, 2.45) is 16.1 Å². The maximum atomic E-state index is 14.6. The molecule has 1 aromatic rings. The Labute approximate surface area is 157 Å². The van der Waals surface area contributed by atoms with Gasteiger partial charge in [0.25, 0.3) is 0 Å². The minimum absolute atomic E-state index is 0.0549. The van der Waals surface area contributed by atoms with Crippen LogP contribution in [0.1, 0.15) is 46.1 Å². The maximum Gasteiger partial charge on any atom is 0.230 e. The molecular weight excluding hydrogens is 376 g/mol. The Morgan fingerprint density at radius 2 is 1.78 bits per heavy atom. The van der Waals surface area contributed by atoms with E-state index >= 15 is 0 Å². The Bertz CT molecular complexity index is 968. The van der Waals surface area contributed by atoms with Gasteiger partial charge in [0.05, 0.1) is 5.75 Å². The van der Waals surface area contributed by atoms with Crippen LogP contribution in [0.4, 0.5) is 14.5 Å². The van der Waals surface area contributed by atoms with E-state index in [4.69, 9.17) is 5.73 Å². The molecule has 1 atom stereocenters. The number of nitrogens with zero attached hydrogens (tertiary/aromatic N) is 1. The first-order valence-electron chi connectivity index (χ1n) is 8.61. The molecule has 0 bridgehead atoms. The second kappa shape index (κ2) is 5.73. The minimum atomic E-state index is -3.78. The molecular formula is C18H23F2N3O3S. The average molecular weight is 399 g/mol. The van der Waals surface area contributed by atoms with Gasteiger partial charge in [-0.25, -0.2) is 17.2 Å². The molecule has 9 heteroatoms. The van der Waals surface area contributed by atoms with Gasteiger partial charge in [0.2, 0.25) is 5.91 Å². The molecule has 0 saturated heterocycles. The molecule has 2 aliphatic rings. The van der Waals surface area contributed by atoms with Crippen LogP contribution in [0.25, 0.3) is 0 Å². The zero-order chi connectivity index (χ0) is 20.4. The quantitative estimate of drug-likeness (QED) is 0.815. The number of carbonyl (C=O) groups excluding carboxylic acids is 1. The van der Waals surface area contributed by atoms with Gasteiger partial charge < -0.3 is 11.1 Å². The number of anilines is 1. The van der Waals surface area contributed by atoms with Crippen LogP contribution in [0.2, 0.25) is 0 Å². The van der Waals surface area contributed by atoms with Crippen LogP contribution in [-0.4, -0.2) is 30.7 Å². The van der Waals surface area contributed by atoms with E-state index in [1.807, 2.05) is 0 Å². The topological polar surface area (TPSA) is 102 Å². The number of hydrogen-bond acceptors (Lipinski definition) is 5. The van der Waals surface area contributed by atoms with Crippen LogP contribution in [0, 0.1) is 17.0 Å². The van der Waals surface area contributed by atoms with Crippen molar-refractivity contribution in [2.75, 3.05) is 11.1 Å². The molecule has 0 unspecified atom stereocenters. The molecule has 1 aromatic carbocycles. The molecule has 1 aliphatic carbocycles. The van der Waals surface area contributed by atoms with Gasteiger partial charge in [0, 0.05) is 22.7 Å². The van der Waals surface area contributed by atoms with Crippen molar-refractivity contribution in [1.82, 2.24) is 0 Å². The molecule has 0 radical (unpaired) electrons. The van der Waals surface area contributed by atoms with Crippen molar-refractivity contribution in [3.8, 4) is 0 Å². The molecule has 0 spiro atoms. The number of amides is 1. The van der Waals surface area contributed by atoms with Gasteiger partial charge in [-0.05, 0) is 39.7 Å². The van der Waals surface area contributed by atoms with Gasteiger partial charge in [0.1, 0.15) is 16.1 Å². The van der Waals surface area contributed by atoms with Crippen LogP contribution in [0.5, 0.6) is 0 Å². The lowest BCUT2D eigenvalue weighted by molar-refractivity contribution is -0.120. The van der Waals surface area contributed by atoms with Gasteiger partial charge in [-0.3, -0.25) is 9.79 Å². The number of nitrogens with two attached hydrogens (primary N) is 1. The van der Waals surface area contributed by atoms with Crippen molar-refractivity contribution in [3.05, 3.63) is 29.3 Å². The summed E-state index contributed by atoms with van der Waals surface area (Å²) in [4.78, 5) is 16.4. The molecule has 3 rings (SSSR count). The third-order valence-electron chi connectivity index (χ3n) is 5.65. The molecule has 1 aliphatic heterocycles. The van der Waals surface area contributed by atoms with Crippen LogP contribution in [0.3, 0.4) is 0 Å². The molecule has 148 valence electrons. The Hall–Kier alpha value is -2.03. The van der Waals surface area contributed by atoms with Crippen LogP contribution in [-0.2, 0) is 20.2 Å². The Morgan fingerprint density at radius 1 is 1.19 bits per heavy atom. The van der Waals surface area contributed by atoms with Crippen molar-refractivity contribution in [2.45, 2.75) is 50.8 Å². The molecule has 1 fully saturated rings. The van der Waals surface area contributed by atoms with Gasteiger partial charge in [-0.1, -0.05) is 6.92 Å². The Morgan fingerprint density at radius 3 is 2.30 bits per heavy atom. The number of amidine groups is 1. The fourth-order valence-electron chi connectivity index (χ4n) is 3.03. The highest BCUT2D eigenvalue weighted by Crippen LogP contribution is 2.46. The first-order valence-corrected chi connectivity index (χ1v) is 10.3. The number of sulfone groups is 1. The van der Waals surface area contributed by atoms with Gasteiger partial charge >= 0.3 is 0 Å². The summed E-state index contributed by atoms with van der Waals surface area (Å²) in [5, 5.41) is 2.58. The van der Waals surface area contributed by atoms with E-state index in [2.05, 4.69) is 10.3 Å². The number of rotatable bonds is 3. The van der Waals surface area contributed by atoms with Crippen molar-refractivity contribution in [3.63, 3.8) is 0 Å². The number of aliphatic imine (C=N–C) groups is 1. The lowest BCUT2D eigenvalue weighted by atomic mass is 9.92. The summed E-state index contributed by atoms with van der Waals surface area (Å²) < 4.78 is 52.7. The van der Waals surface area contributed by atoms with E-state index in [-0.39, 0.29) is 23.0 Å². The number of halogens is 2. The van der Waals surface area contributed by atoms with Gasteiger partial charge in [0.15, 0.2) is 21.5 Å². The SMILES string of the molecule is CC1(C(=O)Nc2cc(F)c(F)c([C@]3(C)CS(=O)(=O)C(C)(C)C(N)=N3)c2)CC1. The largest absolute Gasteiger partial charge is 0.386 e. The number of hydrogen-bond donors (Lipinski definition) is 2. The standard InChI is InChI=1S/C18H23F2N3O3S/c1-16(2)14(21)23-18(4,9-27(16,25)26)11-7-10(8-12(19)13(11)20)22-15(24)17(3)5-6-17/h7-8H,5-6,9H2,1-4H3,(H2,21,23)(H,22,24)/t18-/m0/s1. The maximum absolute atomic E-state index is 14.6. The predicted octanol–water partition coefficient (Wildman–Crippen LogP) is 2.48. The van der Waals surface area contributed by atoms with E-state index in [0.29, 0.717) is 0 Å². The molecule has 3 N–H and O–H groups in total. The van der Waals surface area contributed by atoms with E-state index in [1.54, 1.807) is 6.92 Å². The van der Waals surface area contributed by atoms with E-state index < -0.39 is 42.9 Å². The Balaban J connectivity index is 2.08. The van der Waals surface area contributed by atoms with Crippen molar-refractivity contribution >= 4 is 27.3 Å². The number of nitrogens with one attached hydrogen (secondary N) is 1.